The third kappa shape index (κ3) is 3.59. The SMILES string of the molecule is CC1=NC(c2cccc([N+](=O)[O-])c2)C(OC(=O)c2cccnc2)=C(C)N1. The minimum absolute atomic E-state index is 0.0514. The quantitative estimate of drug-likeness (QED) is 0.515. The second-order valence-corrected chi connectivity index (χ2v) is 5.71. The molecule has 0 spiro atoms. The summed E-state index contributed by atoms with van der Waals surface area (Å²) >= 11 is 0. The zero-order valence-corrected chi connectivity index (χ0v) is 14.2. The van der Waals surface area contributed by atoms with E-state index in [1.807, 2.05) is 0 Å². The van der Waals surface area contributed by atoms with Gasteiger partial charge in [-0.1, -0.05) is 12.1 Å². The second-order valence-electron chi connectivity index (χ2n) is 5.71. The summed E-state index contributed by atoms with van der Waals surface area (Å²) in [5, 5.41) is 14.1. The number of nitrogens with one attached hydrogen (secondary N) is 1. The fourth-order valence-electron chi connectivity index (χ4n) is 2.63. The number of nitro benzene ring substituents is 1. The number of pyridine rings is 1. The normalized spacial score (nSPS) is 16.5. The van der Waals surface area contributed by atoms with Crippen molar-refractivity contribution in [2.24, 2.45) is 4.99 Å². The molecule has 1 aliphatic rings. The Morgan fingerprint density at radius 1 is 1.27 bits per heavy atom. The van der Waals surface area contributed by atoms with Crippen LogP contribution >= 0.6 is 0 Å². The van der Waals surface area contributed by atoms with E-state index in [2.05, 4.69) is 15.3 Å². The van der Waals surface area contributed by atoms with Gasteiger partial charge in [0.2, 0.25) is 0 Å². The van der Waals surface area contributed by atoms with E-state index in [1.54, 1.807) is 44.3 Å². The molecule has 0 radical (unpaired) electrons. The molecule has 132 valence electrons. The highest BCUT2D eigenvalue weighted by molar-refractivity contribution is 5.90. The highest BCUT2D eigenvalue weighted by Gasteiger charge is 2.28. The van der Waals surface area contributed by atoms with Gasteiger partial charge in [0.25, 0.3) is 5.69 Å². The molecular weight excluding hydrogens is 336 g/mol. The van der Waals surface area contributed by atoms with Crippen LogP contribution in [0.5, 0.6) is 0 Å². The number of ether oxygens (including phenoxy) is 1. The number of nitrogens with zero attached hydrogens (tertiary/aromatic N) is 3. The summed E-state index contributed by atoms with van der Waals surface area (Å²) in [6.07, 6.45) is 2.97. The minimum Gasteiger partial charge on any atom is -0.423 e. The van der Waals surface area contributed by atoms with Gasteiger partial charge < -0.3 is 10.1 Å². The Morgan fingerprint density at radius 3 is 2.77 bits per heavy atom. The summed E-state index contributed by atoms with van der Waals surface area (Å²) in [6.45, 7) is 3.53. The van der Waals surface area contributed by atoms with Crippen LogP contribution in [0.2, 0.25) is 0 Å². The number of hydrogen-bond donors (Lipinski definition) is 1. The number of benzene rings is 1. The molecule has 1 aromatic carbocycles. The minimum atomic E-state index is -0.656. The van der Waals surface area contributed by atoms with Gasteiger partial charge in [0.05, 0.1) is 22.0 Å². The molecule has 0 fully saturated rings. The van der Waals surface area contributed by atoms with E-state index in [-0.39, 0.29) is 5.69 Å². The highest BCUT2D eigenvalue weighted by atomic mass is 16.6. The van der Waals surface area contributed by atoms with E-state index < -0.39 is 16.9 Å². The van der Waals surface area contributed by atoms with Crippen molar-refractivity contribution in [2.75, 3.05) is 0 Å². The van der Waals surface area contributed by atoms with Crippen molar-refractivity contribution in [1.29, 1.82) is 0 Å². The van der Waals surface area contributed by atoms with E-state index in [9.17, 15) is 14.9 Å². The van der Waals surface area contributed by atoms with Crippen LogP contribution in [0.15, 0.2) is 65.2 Å². The molecule has 1 aromatic heterocycles. The number of rotatable bonds is 4. The van der Waals surface area contributed by atoms with Gasteiger partial charge in [0.15, 0.2) is 5.76 Å². The van der Waals surface area contributed by atoms with Gasteiger partial charge in [-0.15, -0.1) is 0 Å². The van der Waals surface area contributed by atoms with Crippen LogP contribution in [0.1, 0.15) is 35.8 Å². The van der Waals surface area contributed by atoms with Crippen LogP contribution in [0, 0.1) is 10.1 Å². The molecule has 0 saturated carbocycles. The Labute approximate surface area is 149 Å². The Balaban J connectivity index is 1.96. The van der Waals surface area contributed by atoms with E-state index >= 15 is 0 Å². The fourth-order valence-corrected chi connectivity index (χ4v) is 2.63. The van der Waals surface area contributed by atoms with E-state index in [4.69, 9.17) is 4.74 Å². The summed E-state index contributed by atoms with van der Waals surface area (Å²) in [4.78, 5) is 31.4. The molecule has 0 aliphatic carbocycles. The highest BCUT2D eigenvalue weighted by Crippen LogP contribution is 2.33. The second kappa shape index (κ2) is 7.14. The molecule has 2 aromatic rings. The largest absolute Gasteiger partial charge is 0.423 e. The first-order valence-electron chi connectivity index (χ1n) is 7.84. The molecule has 0 saturated heterocycles. The Morgan fingerprint density at radius 2 is 2.08 bits per heavy atom. The number of esters is 1. The van der Waals surface area contributed by atoms with Crippen LogP contribution in [0.25, 0.3) is 0 Å². The lowest BCUT2D eigenvalue weighted by molar-refractivity contribution is -0.384. The van der Waals surface area contributed by atoms with Gasteiger partial charge in [0, 0.05) is 24.5 Å². The Bertz CT molecular complexity index is 922. The Kier molecular flexibility index (Phi) is 4.74. The average molecular weight is 352 g/mol. The lowest BCUT2D eigenvalue weighted by Crippen LogP contribution is -2.28. The first-order valence-corrected chi connectivity index (χ1v) is 7.84. The maximum absolute atomic E-state index is 12.4. The number of carbonyl (C=O) groups excluding carboxylic acids is 1. The lowest BCUT2D eigenvalue weighted by atomic mass is 10.0. The monoisotopic (exact) mass is 352 g/mol. The molecule has 1 N–H and O–H groups in total. The van der Waals surface area contributed by atoms with Crippen LogP contribution in [-0.2, 0) is 4.74 Å². The van der Waals surface area contributed by atoms with Crippen LogP contribution in [0.3, 0.4) is 0 Å². The van der Waals surface area contributed by atoms with Crippen molar-refractivity contribution < 1.29 is 14.5 Å². The summed E-state index contributed by atoms with van der Waals surface area (Å²) in [7, 11) is 0. The number of non-ortho nitro benzene ring substituents is 1. The van der Waals surface area contributed by atoms with Gasteiger partial charge in [0.1, 0.15) is 6.04 Å². The first-order chi connectivity index (χ1) is 12.5. The topological polar surface area (TPSA) is 107 Å². The van der Waals surface area contributed by atoms with Gasteiger partial charge in [-0.05, 0) is 31.5 Å². The fraction of sp³-hybridized carbons (Fsp3) is 0.167. The molecule has 3 rings (SSSR count). The number of hydrogen-bond acceptors (Lipinski definition) is 7. The number of allylic oxidation sites excluding steroid dienone is 1. The molecular formula is C18H16N4O4. The molecule has 1 atom stereocenters. The van der Waals surface area contributed by atoms with Crippen molar-refractivity contribution in [3.05, 3.63) is 81.5 Å². The predicted molar refractivity (Wildman–Crippen MR) is 94.4 cm³/mol. The van der Waals surface area contributed by atoms with Crippen LogP contribution in [0.4, 0.5) is 5.69 Å². The maximum Gasteiger partial charge on any atom is 0.344 e. The van der Waals surface area contributed by atoms with E-state index in [0.717, 1.165) is 0 Å². The number of aromatic nitrogens is 1. The molecule has 1 aliphatic heterocycles. The van der Waals surface area contributed by atoms with Crippen LogP contribution < -0.4 is 5.32 Å². The standard InChI is InChI=1S/C18H16N4O4/c1-11-17(26-18(23)14-6-4-8-19-10-14)16(21-12(2)20-11)13-5-3-7-15(9-13)22(24)25/h3-10,16H,1-2H3,(H,20,21). The summed E-state index contributed by atoms with van der Waals surface area (Å²) in [5.74, 6) is 0.351. The van der Waals surface area contributed by atoms with Gasteiger partial charge in [-0.3, -0.25) is 20.1 Å². The predicted octanol–water partition coefficient (Wildman–Crippen LogP) is 3.14. The van der Waals surface area contributed by atoms with Gasteiger partial charge in [-0.2, -0.15) is 0 Å². The number of aliphatic imine (C=N–C) groups is 1. The number of amidine groups is 1. The maximum atomic E-state index is 12.4. The van der Waals surface area contributed by atoms with Crippen molar-refractivity contribution in [2.45, 2.75) is 19.9 Å². The van der Waals surface area contributed by atoms with Crippen molar-refractivity contribution in [3.8, 4) is 0 Å². The smallest absolute Gasteiger partial charge is 0.344 e. The van der Waals surface area contributed by atoms with Crippen molar-refractivity contribution >= 4 is 17.5 Å². The summed E-state index contributed by atoms with van der Waals surface area (Å²) in [6, 6.07) is 8.70. The van der Waals surface area contributed by atoms with Gasteiger partial charge in [-0.25, -0.2) is 4.79 Å². The van der Waals surface area contributed by atoms with E-state index in [0.29, 0.717) is 28.4 Å². The van der Waals surface area contributed by atoms with Crippen molar-refractivity contribution in [1.82, 2.24) is 10.3 Å². The number of carbonyl (C=O) groups is 1. The third-order valence-corrected chi connectivity index (χ3v) is 3.81. The van der Waals surface area contributed by atoms with Gasteiger partial charge >= 0.3 is 5.97 Å². The first kappa shape index (κ1) is 17.3. The molecule has 8 nitrogen and oxygen atoms in total. The zero-order valence-electron chi connectivity index (χ0n) is 14.2. The zero-order chi connectivity index (χ0) is 18.7. The van der Waals surface area contributed by atoms with E-state index in [1.165, 1.54) is 18.3 Å². The summed E-state index contributed by atoms with van der Waals surface area (Å²) < 4.78 is 5.57. The third-order valence-electron chi connectivity index (χ3n) is 3.81. The molecule has 2 heterocycles. The number of nitro groups is 1. The lowest BCUT2D eigenvalue weighted by Gasteiger charge is -2.25. The summed E-state index contributed by atoms with van der Waals surface area (Å²) in [5.41, 5.74) is 1.43. The molecule has 26 heavy (non-hydrogen) atoms. The molecule has 8 heteroatoms. The molecule has 0 bridgehead atoms. The molecule has 1 unspecified atom stereocenters. The Hall–Kier alpha value is -3.55. The molecule has 0 amide bonds. The average Bonchev–Trinajstić information content (AvgIpc) is 2.64. The van der Waals surface area contributed by atoms with Crippen LogP contribution in [-0.4, -0.2) is 21.7 Å². The van der Waals surface area contributed by atoms with Crippen molar-refractivity contribution in [3.63, 3.8) is 0 Å².